The number of aromatic nitrogens is 3. The molecule has 30 heavy (non-hydrogen) atoms. The molecule has 0 saturated carbocycles. The highest BCUT2D eigenvalue weighted by molar-refractivity contribution is 8.00. The Hall–Kier alpha value is -3.38. The molecule has 1 aromatic heterocycles. The van der Waals surface area contributed by atoms with Gasteiger partial charge in [0, 0.05) is 11.3 Å². The van der Waals surface area contributed by atoms with E-state index in [1.807, 2.05) is 92.7 Å². The maximum atomic E-state index is 13.3. The Morgan fingerprint density at radius 3 is 2.40 bits per heavy atom. The number of thioether (sulfide) groups is 1. The molecule has 150 valence electrons. The van der Waals surface area contributed by atoms with Gasteiger partial charge in [-0.05, 0) is 36.6 Å². The van der Waals surface area contributed by atoms with E-state index < -0.39 is 5.25 Å². The summed E-state index contributed by atoms with van der Waals surface area (Å²) in [6, 6.07) is 25.5. The molecule has 1 heterocycles. The van der Waals surface area contributed by atoms with Gasteiger partial charge in [-0.15, -0.1) is 5.10 Å². The summed E-state index contributed by atoms with van der Waals surface area (Å²) in [7, 11) is 0. The van der Waals surface area contributed by atoms with Gasteiger partial charge in [0.2, 0.25) is 11.1 Å². The van der Waals surface area contributed by atoms with Crippen molar-refractivity contribution in [3.8, 4) is 11.4 Å². The van der Waals surface area contributed by atoms with Crippen LogP contribution in [0.2, 0.25) is 0 Å². The zero-order valence-corrected chi connectivity index (χ0v) is 17.6. The number of H-pyrrole nitrogens is 1. The van der Waals surface area contributed by atoms with Crippen molar-refractivity contribution in [3.05, 3.63) is 95.6 Å². The number of aromatic amines is 1. The maximum absolute atomic E-state index is 13.3. The maximum Gasteiger partial charge on any atom is 0.242 e. The third-order valence-electron chi connectivity index (χ3n) is 4.73. The fourth-order valence-electron chi connectivity index (χ4n) is 3.10. The van der Waals surface area contributed by atoms with Crippen molar-refractivity contribution in [1.29, 1.82) is 0 Å². The van der Waals surface area contributed by atoms with Crippen molar-refractivity contribution < 1.29 is 4.79 Å². The van der Waals surface area contributed by atoms with Gasteiger partial charge in [0.25, 0.3) is 0 Å². The van der Waals surface area contributed by atoms with Crippen LogP contribution in [0.3, 0.4) is 0 Å². The Labute approximate surface area is 180 Å². The standard InChI is InChI=1S/C24H22N4OS/c1-16-13-14-17(2)20(15-16)25-23(29)21(18-9-5-3-6-10-18)30-24-26-22(27-28-24)19-11-7-4-8-12-19/h3-15,21H,1-2H3,(H,25,29)(H,26,27,28)/t21-/m1/s1. The number of carbonyl (C=O) groups is 1. The van der Waals surface area contributed by atoms with Crippen molar-refractivity contribution in [2.45, 2.75) is 24.3 Å². The van der Waals surface area contributed by atoms with Crippen LogP contribution in [0.25, 0.3) is 11.4 Å². The highest BCUT2D eigenvalue weighted by Gasteiger charge is 2.24. The number of anilines is 1. The summed E-state index contributed by atoms with van der Waals surface area (Å²) in [5, 5.41) is 10.4. The van der Waals surface area contributed by atoms with Gasteiger partial charge in [-0.1, -0.05) is 84.6 Å². The summed E-state index contributed by atoms with van der Waals surface area (Å²) in [4.78, 5) is 17.8. The van der Waals surface area contributed by atoms with Crippen molar-refractivity contribution in [2.24, 2.45) is 0 Å². The predicted molar refractivity (Wildman–Crippen MR) is 121 cm³/mol. The number of nitrogens with zero attached hydrogens (tertiary/aromatic N) is 2. The van der Waals surface area contributed by atoms with Crippen LogP contribution in [-0.2, 0) is 4.79 Å². The van der Waals surface area contributed by atoms with Gasteiger partial charge in [-0.2, -0.15) is 0 Å². The minimum Gasteiger partial charge on any atom is -0.325 e. The lowest BCUT2D eigenvalue weighted by Crippen LogP contribution is -2.19. The van der Waals surface area contributed by atoms with Crippen LogP contribution in [-0.4, -0.2) is 21.1 Å². The summed E-state index contributed by atoms with van der Waals surface area (Å²) in [6.07, 6.45) is 0. The number of carbonyl (C=O) groups excluding carboxylic acids is 1. The summed E-state index contributed by atoms with van der Waals surface area (Å²) in [5.74, 6) is 0.575. The second-order valence-electron chi connectivity index (χ2n) is 7.05. The molecule has 4 aromatic rings. The van der Waals surface area contributed by atoms with Crippen molar-refractivity contribution in [1.82, 2.24) is 15.2 Å². The average Bonchev–Trinajstić information content (AvgIpc) is 3.24. The van der Waals surface area contributed by atoms with Gasteiger partial charge in [0.1, 0.15) is 5.25 Å². The number of benzene rings is 3. The topological polar surface area (TPSA) is 70.7 Å². The van der Waals surface area contributed by atoms with Crippen LogP contribution in [0.15, 0.2) is 84.0 Å². The van der Waals surface area contributed by atoms with E-state index in [-0.39, 0.29) is 5.91 Å². The summed E-state index contributed by atoms with van der Waals surface area (Å²) in [5.41, 5.74) is 4.79. The molecule has 1 atom stereocenters. The first kappa shape index (κ1) is 19.9. The second-order valence-corrected chi connectivity index (χ2v) is 8.12. The first-order valence-corrected chi connectivity index (χ1v) is 10.6. The second kappa shape index (κ2) is 8.97. The van der Waals surface area contributed by atoms with Crippen LogP contribution >= 0.6 is 11.8 Å². The molecule has 0 fully saturated rings. The average molecular weight is 415 g/mol. The molecule has 0 aliphatic heterocycles. The minimum absolute atomic E-state index is 0.106. The molecular weight excluding hydrogens is 392 g/mol. The minimum atomic E-state index is -0.481. The Morgan fingerprint density at radius 2 is 1.67 bits per heavy atom. The largest absolute Gasteiger partial charge is 0.325 e. The normalized spacial score (nSPS) is 11.8. The molecule has 0 unspecified atom stereocenters. The monoisotopic (exact) mass is 414 g/mol. The van der Waals surface area contributed by atoms with Crippen molar-refractivity contribution >= 4 is 23.4 Å². The summed E-state index contributed by atoms with van der Waals surface area (Å²) >= 11 is 1.33. The van der Waals surface area contributed by atoms with Crippen LogP contribution in [0.1, 0.15) is 21.9 Å². The Morgan fingerprint density at radius 1 is 0.967 bits per heavy atom. The van der Waals surface area contributed by atoms with Gasteiger partial charge in [0.15, 0.2) is 5.82 Å². The molecule has 0 saturated heterocycles. The van der Waals surface area contributed by atoms with Crippen LogP contribution in [0.4, 0.5) is 5.69 Å². The molecule has 0 radical (unpaired) electrons. The Kier molecular flexibility index (Phi) is 5.95. The number of rotatable bonds is 6. The van der Waals surface area contributed by atoms with Gasteiger partial charge >= 0.3 is 0 Å². The van der Waals surface area contributed by atoms with Gasteiger partial charge in [-0.3, -0.25) is 9.89 Å². The van der Waals surface area contributed by atoms with E-state index in [2.05, 4.69) is 20.5 Å². The molecule has 0 bridgehead atoms. The number of aryl methyl sites for hydroxylation is 2. The van der Waals surface area contributed by atoms with E-state index in [0.717, 1.165) is 27.9 Å². The van der Waals surface area contributed by atoms with Crippen LogP contribution in [0, 0.1) is 13.8 Å². The van der Waals surface area contributed by atoms with Crippen LogP contribution in [0.5, 0.6) is 0 Å². The quantitative estimate of drug-likeness (QED) is 0.405. The third kappa shape index (κ3) is 4.60. The molecule has 6 heteroatoms. The molecular formula is C24H22N4OS. The predicted octanol–water partition coefficient (Wildman–Crippen LogP) is 5.56. The SMILES string of the molecule is Cc1ccc(C)c(NC(=O)[C@H](Sc2n[nH]c(-c3ccccc3)n2)c2ccccc2)c1. The van der Waals surface area contributed by atoms with Crippen molar-refractivity contribution in [3.63, 3.8) is 0 Å². The van der Waals surface area contributed by atoms with Crippen molar-refractivity contribution in [2.75, 3.05) is 5.32 Å². The lowest BCUT2D eigenvalue weighted by molar-refractivity contribution is -0.115. The summed E-state index contributed by atoms with van der Waals surface area (Å²) < 4.78 is 0. The van der Waals surface area contributed by atoms with E-state index in [1.54, 1.807) is 0 Å². The molecule has 4 rings (SSSR count). The lowest BCUT2D eigenvalue weighted by atomic mass is 10.1. The number of amides is 1. The highest BCUT2D eigenvalue weighted by atomic mass is 32.2. The van der Waals surface area contributed by atoms with E-state index in [4.69, 9.17) is 0 Å². The molecule has 0 spiro atoms. The lowest BCUT2D eigenvalue weighted by Gasteiger charge is -2.17. The third-order valence-corrected chi connectivity index (χ3v) is 5.84. The number of nitrogens with one attached hydrogen (secondary N) is 2. The molecule has 2 N–H and O–H groups in total. The number of hydrogen-bond acceptors (Lipinski definition) is 4. The fraction of sp³-hybridized carbons (Fsp3) is 0.125. The molecule has 0 aliphatic rings. The molecule has 3 aromatic carbocycles. The zero-order chi connectivity index (χ0) is 20.9. The van der Waals surface area contributed by atoms with E-state index in [0.29, 0.717) is 11.0 Å². The first-order valence-electron chi connectivity index (χ1n) is 9.68. The molecule has 0 aliphatic carbocycles. The molecule has 1 amide bonds. The van der Waals surface area contributed by atoms with E-state index in [1.165, 1.54) is 11.8 Å². The van der Waals surface area contributed by atoms with Gasteiger partial charge in [0.05, 0.1) is 0 Å². The zero-order valence-electron chi connectivity index (χ0n) is 16.8. The van der Waals surface area contributed by atoms with E-state index in [9.17, 15) is 4.79 Å². The molecule has 5 nitrogen and oxygen atoms in total. The van der Waals surface area contributed by atoms with Gasteiger partial charge < -0.3 is 5.32 Å². The number of hydrogen-bond donors (Lipinski definition) is 2. The first-order chi connectivity index (χ1) is 14.6. The Bertz CT molecular complexity index is 1140. The van der Waals surface area contributed by atoms with Gasteiger partial charge in [-0.25, -0.2) is 4.98 Å². The van der Waals surface area contributed by atoms with Crippen LogP contribution < -0.4 is 5.32 Å². The van der Waals surface area contributed by atoms with E-state index >= 15 is 0 Å². The summed E-state index contributed by atoms with van der Waals surface area (Å²) in [6.45, 7) is 4.00. The Balaban J connectivity index is 1.60. The smallest absolute Gasteiger partial charge is 0.242 e. The fourth-order valence-corrected chi connectivity index (χ4v) is 4.01. The highest BCUT2D eigenvalue weighted by Crippen LogP contribution is 2.35.